The third-order valence-electron chi connectivity index (χ3n) is 12.9. The van der Waals surface area contributed by atoms with E-state index in [9.17, 15) is 39.9 Å². The monoisotopic (exact) mass is 777 g/mol. The van der Waals surface area contributed by atoms with Gasteiger partial charge < -0.3 is 65.2 Å². The van der Waals surface area contributed by atoms with Crippen LogP contribution in [0.1, 0.15) is 94.9 Å². The molecule has 0 spiro atoms. The number of hydrogen-bond donors (Lipinski definition) is 8. The Morgan fingerprint density at radius 2 is 1.62 bits per heavy atom. The van der Waals surface area contributed by atoms with Crippen molar-refractivity contribution in [2.45, 2.75) is 157 Å². The van der Waals surface area contributed by atoms with Crippen molar-refractivity contribution in [3.05, 3.63) is 0 Å². The highest BCUT2D eigenvalue weighted by atomic mass is 32.2. The number of rotatable bonds is 19. The number of urea groups is 1. The minimum atomic E-state index is -1.84. The number of amides is 3. The minimum absolute atomic E-state index is 0.0751. The summed E-state index contributed by atoms with van der Waals surface area (Å²) in [6.07, 6.45) is 2.25. The first-order valence-corrected chi connectivity index (χ1v) is 19.4. The molecule has 5 saturated heterocycles. The van der Waals surface area contributed by atoms with Gasteiger partial charge in [0.05, 0.1) is 49.7 Å². The minimum Gasteiger partial charge on any atom is -0.463 e. The van der Waals surface area contributed by atoms with Crippen LogP contribution in [-0.4, -0.2) is 151 Å². The zero-order valence-corrected chi connectivity index (χ0v) is 33.7. The van der Waals surface area contributed by atoms with Crippen molar-refractivity contribution in [3.8, 4) is 0 Å². The molecule has 5 aliphatic rings. The molecular formula is C36H63N3O13S. The number of esters is 1. The van der Waals surface area contributed by atoms with Gasteiger partial charge in [-0.25, -0.2) is 4.79 Å². The Bertz CT molecular complexity index is 1390. The number of carbonyl (C=O) groups is 3. The predicted octanol–water partition coefficient (Wildman–Crippen LogP) is 0.480. The number of aliphatic hydroxyl groups is 5. The Labute approximate surface area is 316 Å². The van der Waals surface area contributed by atoms with E-state index in [1.807, 2.05) is 0 Å². The fourth-order valence-corrected chi connectivity index (χ4v) is 10.00. The van der Waals surface area contributed by atoms with Crippen LogP contribution < -0.4 is 16.0 Å². The first-order chi connectivity index (χ1) is 24.3. The molecule has 53 heavy (non-hydrogen) atoms. The molecule has 0 aromatic rings. The summed E-state index contributed by atoms with van der Waals surface area (Å²) in [6, 6.07) is 0.0479. The Hall–Kier alpha value is -1.80. The van der Waals surface area contributed by atoms with Crippen LogP contribution in [0.4, 0.5) is 4.79 Å². The van der Waals surface area contributed by atoms with E-state index in [4.69, 9.17) is 23.7 Å². The summed E-state index contributed by atoms with van der Waals surface area (Å²) >= 11 is 1.80. The van der Waals surface area contributed by atoms with Gasteiger partial charge in [-0.15, -0.1) is 0 Å². The van der Waals surface area contributed by atoms with Crippen LogP contribution in [0.2, 0.25) is 0 Å². The average molecular weight is 778 g/mol. The molecule has 0 radical (unpaired) electrons. The number of thioether (sulfide) groups is 1. The largest absolute Gasteiger partial charge is 0.463 e. The molecule has 8 N–H and O–H groups in total. The lowest BCUT2D eigenvalue weighted by atomic mass is 9.56. The average Bonchev–Trinajstić information content (AvgIpc) is 3.62. The number of fused-ring (bicyclic) bond motifs is 3. The Morgan fingerprint density at radius 3 is 2.19 bits per heavy atom. The van der Waals surface area contributed by atoms with Crippen LogP contribution in [0, 0.1) is 5.41 Å². The summed E-state index contributed by atoms with van der Waals surface area (Å²) in [5.41, 5.74) is -12.3. The van der Waals surface area contributed by atoms with E-state index < -0.39 is 82.0 Å². The van der Waals surface area contributed by atoms with E-state index in [1.165, 1.54) is 27.7 Å². The Morgan fingerprint density at radius 1 is 0.962 bits per heavy atom. The quantitative estimate of drug-likeness (QED) is 0.0507. The predicted molar refractivity (Wildman–Crippen MR) is 194 cm³/mol. The van der Waals surface area contributed by atoms with Crippen LogP contribution in [0.15, 0.2) is 0 Å². The number of aliphatic hydroxyl groups excluding tert-OH is 3. The van der Waals surface area contributed by atoms with Crippen molar-refractivity contribution in [2.24, 2.45) is 5.41 Å². The summed E-state index contributed by atoms with van der Waals surface area (Å²) in [6.45, 7) is 12.9. The van der Waals surface area contributed by atoms with Crippen molar-refractivity contribution in [1.82, 2.24) is 16.0 Å². The van der Waals surface area contributed by atoms with Crippen LogP contribution in [-0.2, 0) is 33.3 Å². The number of unbranched alkanes of at least 4 members (excludes halogenated alkanes) is 1. The van der Waals surface area contributed by atoms with Crippen LogP contribution in [0.25, 0.3) is 0 Å². The molecule has 3 amide bonds. The first-order valence-electron chi connectivity index (χ1n) is 18.4. The maximum atomic E-state index is 13.2. The molecule has 0 saturated carbocycles. The first kappa shape index (κ1) is 43.9. The Kier molecular flexibility index (Phi) is 12.4. The van der Waals surface area contributed by atoms with E-state index in [-0.39, 0.29) is 49.6 Å². The summed E-state index contributed by atoms with van der Waals surface area (Å²) in [5.74, 6) is -1.93. The fraction of sp³-hybridized carbons (Fsp3) is 0.917. The van der Waals surface area contributed by atoms with Crippen molar-refractivity contribution >= 4 is 29.7 Å². The van der Waals surface area contributed by atoms with E-state index in [1.54, 1.807) is 53.3 Å². The second-order valence-corrected chi connectivity index (χ2v) is 18.6. The summed E-state index contributed by atoms with van der Waals surface area (Å²) < 4.78 is 30.5. The smallest absolute Gasteiger partial charge is 0.315 e. The molecule has 5 aliphatic heterocycles. The van der Waals surface area contributed by atoms with E-state index in [2.05, 4.69) is 16.0 Å². The van der Waals surface area contributed by atoms with E-state index in [0.29, 0.717) is 6.42 Å². The normalized spacial score (nSPS) is 38.3. The molecule has 5 rings (SSSR count). The highest BCUT2D eigenvalue weighted by Gasteiger charge is 2.86. The second kappa shape index (κ2) is 14.9. The van der Waals surface area contributed by atoms with E-state index >= 15 is 0 Å². The number of carbonyl (C=O) groups excluding carboxylic acids is 3. The molecule has 16 nitrogen and oxygen atoms in total. The lowest BCUT2D eigenvalue weighted by Crippen LogP contribution is -2.96. The number of nitrogens with one attached hydrogen (secondary N) is 3. The van der Waals surface area contributed by atoms with Gasteiger partial charge in [0.15, 0.2) is 0 Å². The molecule has 5 heterocycles. The zero-order chi connectivity index (χ0) is 40.1. The second-order valence-electron chi connectivity index (χ2n) is 17.3. The molecule has 9 unspecified atom stereocenters. The fourth-order valence-electron chi connectivity index (χ4n) is 8.45. The zero-order valence-electron chi connectivity index (χ0n) is 32.9. The van der Waals surface area contributed by atoms with Gasteiger partial charge in [-0.05, 0) is 68.2 Å². The van der Waals surface area contributed by atoms with Crippen molar-refractivity contribution in [1.29, 1.82) is 0 Å². The van der Waals surface area contributed by atoms with Crippen molar-refractivity contribution < 1.29 is 63.6 Å². The molecular weight excluding hydrogens is 714 g/mol. The highest BCUT2D eigenvalue weighted by Crippen LogP contribution is 2.64. The maximum absolute atomic E-state index is 13.2. The van der Waals surface area contributed by atoms with Gasteiger partial charge in [0, 0.05) is 29.8 Å². The van der Waals surface area contributed by atoms with Crippen molar-refractivity contribution in [2.75, 3.05) is 45.4 Å². The highest BCUT2D eigenvalue weighted by molar-refractivity contribution is 8.00. The topological polar surface area (TPSA) is 235 Å². The van der Waals surface area contributed by atoms with Gasteiger partial charge in [0.25, 0.3) is 0 Å². The van der Waals surface area contributed by atoms with Gasteiger partial charge in [-0.2, -0.15) is 11.8 Å². The molecule has 0 aromatic carbocycles. The van der Waals surface area contributed by atoms with Gasteiger partial charge >= 0.3 is 12.0 Å². The lowest BCUT2D eigenvalue weighted by Gasteiger charge is -2.76. The summed E-state index contributed by atoms with van der Waals surface area (Å²) in [7, 11) is 0. The molecule has 11 atom stereocenters. The SMILES string of the molecule is CC(=O)NC(C)(C(C)(CO)COCC1(C)OC2(CO)OC(C)(C1(C)O)C2(C)O)C(C)(COC(=O)CCCCC1SC[C@@H]2NC(=O)N[C@H]12)OC(C)(C)CO. The molecule has 5 fully saturated rings. The standard InChI is InChI=1S/C36H63N3O13S/c1-22(43)39-32(7,29(4,17-41)19-48-20-31(6)33(8,46)35(10)34(9,47)36(18-42,51-31)52-35)30(5,50-28(2,3)16-40)21-49-25(44)14-12-11-13-24-26-23(15-53-24)37-27(45)38-26/h23-24,26,40-42,46-47H,11-21H2,1-10H3,(H,39,43)(H2,37,38,45)/t23-,24?,26-,29?,30?,31?,32?,33?,34?,35?,36?/m0/s1. The third kappa shape index (κ3) is 7.32. The number of ether oxygens (including phenoxy) is 5. The molecule has 2 bridgehead atoms. The van der Waals surface area contributed by atoms with Gasteiger partial charge in [-0.3, -0.25) is 9.59 Å². The third-order valence-corrected chi connectivity index (χ3v) is 14.4. The van der Waals surface area contributed by atoms with Crippen LogP contribution in [0.5, 0.6) is 0 Å². The van der Waals surface area contributed by atoms with Gasteiger partial charge in [0.1, 0.15) is 41.2 Å². The molecule has 0 aromatic heterocycles. The van der Waals surface area contributed by atoms with Crippen LogP contribution in [0.3, 0.4) is 0 Å². The Balaban J connectivity index is 1.49. The molecule has 17 heteroatoms. The molecule has 0 aliphatic carbocycles. The number of hydrogen-bond acceptors (Lipinski definition) is 14. The van der Waals surface area contributed by atoms with E-state index in [0.717, 1.165) is 18.6 Å². The van der Waals surface area contributed by atoms with Crippen molar-refractivity contribution in [3.63, 3.8) is 0 Å². The maximum Gasteiger partial charge on any atom is 0.315 e. The summed E-state index contributed by atoms with van der Waals surface area (Å²) in [5, 5.41) is 63.5. The van der Waals surface area contributed by atoms with Gasteiger partial charge in [-0.1, -0.05) is 13.3 Å². The molecule has 306 valence electrons. The lowest BCUT2D eigenvalue weighted by molar-refractivity contribution is -0.579. The van der Waals surface area contributed by atoms with Crippen LogP contribution >= 0.6 is 11.8 Å². The van der Waals surface area contributed by atoms with Gasteiger partial charge in [0.2, 0.25) is 11.7 Å². The summed E-state index contributed by atoms with van der Waals surface area (Å²) in [4.78, 5) is 37.8.